The Hall–Kier alpha value is -2.31. The van der Waals surface area contributed by atoms with Crippen molar-refractivity contribution in [3.63, 3.8) is 0 Å². The van der Waals surface area contributed by atoms with E-state index in [9.17, 15) is 14.0 Å². The molecule has 2 rings (SSSR count). The van der Waals surface area contributed by atoms with Crippen molar-refractivity contribution in [1.29, 1.82) is 0 Å². The summed E-state index contributed by atoms with van der Waals surface area (Å²) < 4.78 is 23.6. The van der Waals surface area contributed by atoms with Crippen molar-refractivity contribution in [3.05, 3.63) is 29.6 Å². The molecular weight excluding hydrogens is 315 g/mol. The molecule has 1 heterocycles. The van der Waals surface area contributed by atoms with Gasteiger partial charge in [-0.2, -0.15) is 0 Å². The second-order valence-corrected chi connectivity index (χ2v) is 6.74. The van der Waals surface area contributed by atoms with Crippen LogP contribution in [-0.4, -0.2) is 48.8 Å². The van der Waals surface area contributed by atoms with Crippen LogP contribution in [0.3, 0.4) is 0 Å². The van der Waals surface area contributed by atoms with Gasteiger partial charge in [-0.05, 0) is 45.4 Å². The summed E-state index contributed by atoms with van der Waals surface area (Å²) >= 11 is 0. The summed E-state index contributed by atoms with van der Waals surface area (Å²) in [5.41, 5.74) is -0.0491. The minimum atomic E-state index is -0.724. The molecule has 1 aliphatic rings. The average Bonchev–Trinajstić information content (AvgIpc) is 2.95. The van der Waals surface area contributed by atoms with E-state index >= 15 is 0 Å². The monoisotopic (exact) mass is 338 g/mol. The quantitative estimate of drug-likeness (QED) is 0.858. The highest BCUT2D eigenvalue weighted by Crippen LogP contribution is 2.21. The van der Waals surface area contributed by atoms with Crippen molar-refractivity contribution in [3.8, 4) is 0 Å². The number of amides is 1. The molecule has 24 heavy (non-hydrogen) atoms. The number of methoxy groups -OCH3 is 1. The molecule has 0 radical (unpaired) electrons. The van der Waals surface area contributed by atoms with Crippen LogP contribution in [0.15, 0.2) is 18.2 Å². The summed E-state index contributed by atoms with van der Waals surface area (Å²) in [6.07, 6.45) is 0.394. The predicted molar refractivity (Wildman–Crippen MR) is 87.6 cm³/mol. The Morgan fingerprint density at radius 2 is 2.04 bits per heavy atom. The number of likely N-dealkylation sites (tertiary alicyclic amines) is 1. The summed E-state index contributed by atoms with van der Waals surface area (Å²) in [6.45, 7) is 6.54. The Morgan fingerprint density at radius 1 is 1.33 bits per heavy atom. The zero-order valence-electron chi connectivity index (χ0n) is 14.4. The third-order valence-electron chi connectivity index (χ3n) is 3.58. The lowest BCUT2D eigenvalue weighted by Crippen LogP contribution is -2.36. The molecule has 6 nitrogen and oxygen atoms in total. The molecule has 1 unspecified atom stereocenters. The number of halogens is 1. The number of rotatable bonds is 3. The van der Waals surface area contributed by atoms with E-state index in [4.69, 9.17) is 4.74 Å². The van der Waals surface area contributed by atoms with E-state index in [1.807, 2.05) is 20.8 Å². The molecule has 1 N–H and O–H groups in total. The Labute approximate surface area is 140 Å². The first-order chi connectivity index (χ1) is 11.2. The van der Waals surface area contributed by atoms with Crippen LogP contribution in [0.25, 0.3) is 0 Å². The van der Waals surface area contributed by atoms with Gasteiger partial charge in [0.25, 0.3) is 0 Å². The number of nitrogens with one attached hydrogen (secondary N) is 1. The highest BCUT2D eigenvalue weighted by Gasteiger charge is 2.29. The molecule has 7 heteroatoms. The molecule has 0 saturated carbocycles. The second kappa shape index (κ2) is 7.07. The number of hydrogen-bond donors (Lipinski definition) is 1. The second-order valence-electron chi connectivity index (χ2n) is 6.74. The third-order valence-corrected chi connectivity index (χ3v) is 3.58. The molecule has 0 aromatic heterocycles. The van der Waals surface area contributed by atoms with Gasteiger partial charge in [0.05, 0.1) is 12.7 Å². The Balaban J connectivity index is 1.98. The summed E-state index contributed by atoms with van der Waals surface area (Å²) in [7, 11) is 1.21. The van der Waals surface area contributed by atoms with Crippen molar-refractivity contribution in [2.45, 2.75) is 38.8 Å². The van der Waals surface area contributed by atoms with Gasteiger partial charge in [0.1, 0.15) is 11.4 Å². The maximum atomic E-state index is 13.6. The Morgan fingerprint density at radius 3 is 2.67 bits per heavy atom. The highest BCUT2D eigenvalue weighted by molar-refractivity contribution is 5.90. The Bertz CT molecular complexity index is 628. The van der Waals surface area contributed by atoms with Crippen molar-refractivity contribution in [1.82, 2.24) is 4.90 Å². The van der Waals surface area contributed by atoms with Crippen LogP contribution in [0, 0.1) is 5.82 Å². The van der Waals surface area contributed by atoms with Crippen molar-refractivity contribution in [2.75, 3.05) is 25.5 Å². The zero-order valence-corrected chi connectivity index (χ0v) is 14.4. The van der Waals surface area contributed by atoms with Crippen LogP contribution in [-0.2, 0) is 9.47 Å². The van der Waals surface area contributed by atoms with Gasteiger partial charge in [-0.1, -0.05) is 0 Å². The number of esters is 1. The average molecular weight is 338 g/mol. The predicted octanol–water partition coefficient (Wildman–Crippen LogP) is 3.03. The smallest absolute Gasteiger partial charge is 0.410 e. The van der Waals surface area contributed by atoms with Gasteiger partial charge < -0.3 is 19.7 Å². The summed E-state index contributed by atoms with van der Waals surface area (Å²) in [5.74, 6) is -1.35. The van der Waals surface area contributed by atoms with Crippen LogP contribution in [0.1, 0.15) is 37.6 Å². The van der Waals surface area contributed by atoms with Crippen LogP contribution in [0.4, 0.5) is 14.9 Å². The minimum absolute atomic E-state index is 0.00785. The molecule has 0 spiro atoms. The first-order valence-electron chi connectivity index (χ1n) is 7.82. The first kappa shape index (κ1) is 18.0. The van der Waals surface area contributed by atoms with E-state index in [1.165, 1.54) is 19.2 Å². The number of carbonyl (C=O) groups excluding carboxylic acids is 2. The van der Waals surface area contributed by atoms with Gasteiger partial charge in [0.15, 0.2) is 0 Å². The van der Waals surface area contributed by atoms with E-state index in [1.54, 1.807) is 11.0 Å². The normalized spacial score (nSPS) is 17.5. The zero-order chi connectivity index (χ0) is 17.9. The van der Waals surface area contributed by atoms with Gasteiger partial charge in [-0.25, -0.2) is 14.0 Å². The molecule has 1 aliphatic heterocycles. The molecule has 1 aromatic rings. The van der Waals surface area contributed by atoms with Crippen molar-refractivity contribution in [2.24, 2.45) is 0 Å². The lowest BCUT2D eigenvalue weighted by molar-refractivity contribution is 0.0293. The van der Waals surface area contributed by atoms with E-state index < -0.39 is 17.4 Å². The van der Waals surface area contributed by atoms with E-state index in [0.29, 0.717) is 18.8 Å². The molecule has 1 fully saturated rings. The minimum Gasteiger partial charge on any atom is -0.465 e. The number of ether oxygens (including phenoxy) is 2. The lowest BCUT2D eigenvalue weighted by atomic mass is 10.1. The number of carbonyl (C=O) groups is 2. The summed E-state index contributed by atoms with van der Waals surface area (Å²) in [6, 6.07) is 4.19. The SMILES string of the molecule is COC(=O)c1cc(NC2CCN(C(=O)OC(C)(C)C)C2)ccc1F. The van der Waals surface area contributed by atoms with Gasteiger partial charge in [0, 0.05) is 24.8 Å². The van der Waals surface area contributed by atoms with Crippen molar-refractivity contribution < 1.29 is 23.5 Å². The molecule has 132 valence electrons. The largest absolute Gasteiger partial charge is 0.465 e. The van der Waals surface area contributed by atoms with Gasteiger partial charge >= 0.3 is 12.1 Å². The maximum absolute atomic E-state index is 13.6. The fourth-order valence-corrected chi connectivity index (χ4v) is 2.49. The van der Waals surface area contributed by atoms with Gasteiger partial charge in [-0.15, -0.1) is 0 Å². The fourth-order valence-electron chi connectivity index (χ4n) is 2.49. The van der Waals surface area contributed by atoms with Crippen LogP contribution in [0.5, 0.6) is 0 Å². The Kier molecular flexibility index (Phi) is 5.31. The van der Waals surface area contributed by atoms with Crippen LogP contribution < -0.4 is 5.32 Å². The number of nitrogens with zero attached hydrogens (tertiary/aromatic N) is 1. The van der Waals surface area contributed by atoms with E-state index in [-0.39, 0.29) is 17.7 Å². The molecule has 1 amide bonds. The standard InChI is InChI=1S/C17H23FN2O4/c1-17(2,3)24-16(22)20-8-7-12(10-20)19-11-5-6-14(18)13(9-11)15(21)23-4/h5-6,9,12,19H,7-8,10H2,1-4H3. The first-order valence-corrected chi connectivity index (χ1v) is 7.82. The van der Waals surface area contributed by atoms with Crippen molar-refractivity contribution >= 4 is 17.7 Å². The van der Waals surface area contributed by atoms with E-state index in [0.717, 1.165) is 6.42 Å². The van der Waals surface area contributed by atoms with E-state index in [2.05, 4.69) is 10.1 Å². The summed E-state index contributed by atoms with van der Waals surface area (Å²) in [5, 5.41) is 3.21. The van der Waals surface area contributed by atoms with Gasteiger partial charge in [-0.3, -0.25) is 0 Å². The number of benzene rings is 1. The lowest BCUT2D eigenvalue weighted by Gasteiger charge is -2.24. The molecule has 1 saturated heterocycles. The molecule has 1 aromatic carbocycles. The summed E-state index contributed by atoms with van der Waals surface area (Å²) in [4.78, 5) is 25.2. The molecule has 0 bridgehead atoms. The fraction of sp³-hybridized carbons (Fsp3) is 0.529. The van der Waals surface area contributed by atoms with Gasteiger partial charge in [0.2, 0.25) is 0 Å². The molecule has 1 atom stereocenters. The number of hydrogen-bond acceptors (Lipinski definition) is 5. The maximum Gasteiger partial charge on any atom is 0.410 e. The van der Waals surface area contributed by atoms with Crippen LogP contribution >= 0.6 is 0 Å². The third kappa shape index (κ3) is 4.59. The topological polar surface area (TPSA) is 67.9 Å². The molecule has 0 aliphatic carbocycles. The number of anilines is 1. The highest BCUT2D eigenvalue weighted by atomic mass is 19.1. The molecular formula is C17H23FN2O4. The van der Waals surface area contributed by atoms with Crippen LogP contribution in [0.2, 0.25) is 0 Å².